The monoisotopic (exact) mass is 401 g/mol. The van der Waals surface area contributed by atoms with Crippen molar-refractivity contribution in [3.63, 3.8) is 0 Å². The number of methoxy groups -OCH3 is 2. The highest BCUT2D eigenvalue weighted by Gasteiger charge is 2.25. The van der Waals surface area contributed by atoms with Crippen LogP contribution in [0.3, 0.4) is 0 Å². The summed E-state index contributed by atoms with van der Waals surface area (Å²) in [6.45, 7) is 5.14. The van der Waals surface area contributed by atoms with E-state index < -0.39 is 0 Å². The normalized spacial score (nSPS) is 16.1. The number of halogens is 1. The minimum Gasteiger partial charge on any atom is -0.497 e. The molecule has 1 saturated heterocycles. The number of amides is 1. The molecule has 3 rings (SSSR count). The van der Waals surface area contributed by atoms with Gasteiger partial charge in [0.1, 0.15) is 17.3 Å². The number of nitrogens with one attached hydrogen (secondary N) is 1. The quantitative estimate of drug-likeness (QED) is 0.804. The van der Waals surface area contributed by atoms with E-state index in [1.54, 1.807) is 44.6 Å². The molecule has 1 unspecified atom stereocenters. The van der Waals surface area contributed by atoms with E-state index in [0.717, 1.165) is 38.3 Å². The van der Waals surface area contributed by atoms with Crippen LogP contribution in [0.1, 0.15) is 13.3 Å². The van der Waals surface area contributed by atoms with Crippen LogP contribution >= 0.6 is 0 Å². The topological polar surface area (TPSA) is 54.0 Å². The molecule has 0 radical (unpaired) electrons. The van der Waals surface area contributed by atoms with Gasteiger partial charge in [0, 0.05) is 37.9 Å². The predicted molar refractivity (Wildman–Crippen MR) is 112 cm³/mol. The largest absolute Gasteiger partial charge is 0.497 e. The molecular weight excluding hydrogens is 373 g/mol. The average molecular weight is 401 g/mol. The first kappa shape index (κ1) is 20.9. The third-order valence-corrected chi connectivity index (χ3v) is 5.31. The third-order valence-electron chi connectivity index (χ3n) is 5.31. The summed E-state index contributed by atoms with van der Waals surface area (Å²) in [7, 11) is 3.15. The Labute approximate surface area is 171 Å². The minimum atomic E-state index is -0.293. The summed E-state index contributed by atoms with van der Waals surface area (Å²) in [5.74, 6) is 0.915. The molecule has 2 aromatic rings. The zero-order chi connectivity index (χ0) is 20.8. The molecule has 1 aliphatic rings. The van der Waals surface area contributed by atoms with Gasteiger partial charge in [-0.05, 0) is 49.7 Å². The number of rotatable bonds is 6. The fourth-order valence-corrected chi connectivity index (χ4v) is 3.55. The van der Waals surface area contributed by atoms with Crippen molar-refractivity contribution in [2.24, 2.45) is 0 Å². The smallest absolute Gasteiger partial charge is 0.241 e. The van der Waals surface area contributed by atoms with Gasteiger partial charge in [0.25, 0.3) is 0 Å². The van der Waals surface area contributed by atoms with E-state index >= 15 is 0 Å². The molecule has 0 aromatic heterocycles. The average Bonchev–Trinajstić information content (AvgIpc) is 3.00. The maximum atomic E-state index is 13.2. The molecule has 0 bridgehead atoms. The molecule has 156 valence electrons. The number of ether oxygens (including phenoxy) is 2. The van der Waals surface area contributed by atoms with Gasteiger partial charge in [-0.3, -0.25) is 9.69 Å². The van der Waals surface area contributed by atoms with E-state index in [4.69, 9.17) is 9.47 Å². The summed E-state index contributed by atoms with van der Waals surface area (Å²) in [5, 5.41) is 2.96. The number of hydrogen-bond donors (Lipinski definition) is 1. The molecule has 0 saturated carbocycles. The fraction of sp³-hybridized carbons (Fsp3) is 0.409. The third kappa shape index (κ3) is 5.17. The molecular formula is C22H28FN3O3. The van der Waals surface area contributed by atoms with Crippen molar-refractivity contribution in [2.45, 2.75) is 19.4 Å². The maximum Gasteiger partial charge on any atom is 0.241 e. The highest BCUT2D eigenvalue weighted by atomic mass is 19.1. The van der Waals surface area contributed by atoms with Gasteiger partial charge in [0.15, 0.2) is 0 Å². The van der Waals surface area contributed by atoms with Crippen LogP contribution in [0.25, 0.3) is 0 Å². The molecule has 1 aliphatic heterocycles. The molecule has 1 heterocycles. The Kier molecular flexibility index (Phi) is 6.93. The van der Waals surface area contributed by atoms with E-state index in [1.807, 2.05) is 6.92 Å². The molecule has 7 heteroatoms. The van der Waals surface area contributed by atoms with Gasteiger partial charge >= 0.3 is 0 Å². The summed E-state index contributed by atoms with van der Waals surface area (Å²) in [6, 6.07) is 11.6. The lowest BCUT2D eigenvalue weighted by molar-refractivity contribution is -0.120. The standard InChI is InChI=1S/C22H28FN3O3/c1-16(22(27)24-20-15-19(28-2)9-10-21(20)29-3)25-11-4-12-26(14-13-25)18-7-5-17(23)6-8-18/h5-10,15-16H,4,11-14H2,1-3H3,(H,24,27). The Morgan fingerprint density at radius 2 is 1.79 bits per heavy atom. The van der Waals surface area contributed by atoms with Crippen molar-refractivity contribution < 1.29 is 18.7 Å². The van der Waals surface area contributed by atoms with Crippen molar-refractivity contribution in [2.75, 3.05) is 50.6 Å². The number of benzene rings is 2. The highest BCUT2D eigenvalue weighted by molar-refractivity contribution is 5.96. The summed E-state index contributed by atoms with van der Waals surface area (Å²) < 4.78 is 23.8. The van der Waals surface area contributed by atoms with Crippen molar-refractivity contribution in [1.82, 2.24) is 4.90 Å². The Bertz CT molecular complexity index is 829. The molecule has 1 N–H and O–H groups in total. The van der Waals surface area contributed by atoms with Crippen LogP contribution in [-0.2, 0) is 4.79 Å². The summed E-state index contributed by atoms with van der Waals surface area (Å²) in [5.41, 5.74) is 1.60. The van der Waals surface area contributed by atoms with E-state index in [9.17, 15) is 9.18 Å². The molecule has 1 atom stereocenters. The second-order valence-electron chi connectivity index (χ2n) is 7.08. The summed E-state index contributed by atoms with van der Waals surface area (Å²) >= 11 is 0. The predicted octanol–water partition coefficient (Wildman–Crippen LogP) is 3.38. The zero-order valence-corrected chi connectivity index (χ0v) is 17.2. The number of carbonyl (C=O) groups is 1. The Morgan fingerprint density at radius 1 is 1.03 bits per heavy atom. The van der Waals surface area contributed by atoms with Gasteiger partial charge in [-0.15, -0.1) is 0 Å². The number of carbonyl (C=O) groups excluding carboxylic acids is 1. The van der Waals surface area contributed by atoms with Gasteiger partial charge in [-0.2, -0.15) is 0 Å². The Morgan fingerprint density at radius 3 is 2.48 bits per heavy atom. The van der Waals surface area contributed by atoms with Gasteiger partial charge in [-0.25, -0.2) is 4.39 Å². The van der Waals surface area contributed by atoms with Crippen LogP contribution in [0, 0.1) is 5.82 Å². The van der Waals surface area contributed by atoms with Crippen LogP contribution < -0.4 is 19.7 Å². The number of nitrogens with zero attached hydrogens (tertiary/aromatic N) is 2. The molecule has 0 aliphatic carbocycles. The van der Waals surface area contributed by atoms with E-state index in [-0.39, 0.29) is 17.8 Å². The highest BCUT2D eigenvalue weighted by Crippen LogP contribution is 2.29. The van der Waals surface area contributed by atoms with Crippen LogP contribution in [-0.4, -0.2) is 57.2 Å². The van der Waals surface area contributed by atoms with Crippen LogP contribution in [0.4, 0.5) is 15.8 Å². The fourth-order valence-electron chi connectivity index (χ4n) is 3.55. The van der Waals surface area contributed by atoms with E-state index in [0.29, 0.717) is 17.2 Å². The number of hydrogen-bond acceptors (Lipinski definition) is 5. The van der Waals surface area contributed by atoms with E-state index in [1.165, 1.54) is 12.1 Å². The second kappa shape index (κ2) is 9.60. The van der Waals surface area contributed by atoms with Crippen LogP contribution in [0.5, 0.6) is 11.5 Å². The minimum absolute atomic E-state index is 0.0909. The summed E-state index contributed by atoms with van der Waals surface area (Å²) in [4.78, 5) is 17.3. The lowest BCUT2D eigenvalue weighted by atomic mass is 10.2. The molecule has 2 aromatic carbocycles. The lowest BCUT2D eigenvalue weighted by Gasteiger charge is -2.27. The van der Waals surface area contributed by atoms with Crippen molar-refractivity contribution in [3.05, 3.63) is 48.3 Å². The van der Waals surface area contributed by atoms with Crippen molar-refractivity contribution >= 4 is 17.3 Å². The summed E-state index contributed by atoms with van der Waals surface area (Å²) in [6.07, 6.45) is 0.928. The van der Waals surface area contributed by atoms with Gasteiger partial charge in [0.05, 0.1) is 25.9 Å². The van der Waals surface area contributed by atoms with Crippen LogP contribution in [0.15, 0.2) is 42.5 Å². The van der Waals surface area contributed by atoms with Crippen LogP contribution in [0.2, 0.25) is 0 Å². The maximum absolute atomic E-state index is 13.2. The zero-order valence-electron chi connectivity index (χ0n) is 17.2. The van der Waals surface area contributed by atoms with E-state index in [2.05, 4.69) is 15.1 Å². The Balaban J connectivity index is 1.63. The molecule has 0 spiro atoms. The van der Waals surface area contributed by atoms with Crippen molar-refractivity contribution in [1.29, 1.82) is 0 Å². The molecule has 1 amide bonds. The first-order chi connectivity index (χ1) is 14.0. The molecule has 29 heavy (non-hydrogen) atoms. The van der Waals surface area contributed by atoms with Crippen molar-refractivity contribution in [3.8, 4) is 11.5 Å². The molecule has 6 nitrogen and oxygen atoms in total. The molecule has 1 fully saturated rings. The van der Waals surface area contributed by atoms with Gasteiger partial charge in [-0.1, -0.05) is 0 Å². The number of anilines is 2. The Hall–Kier alpha value is -2.80. The SMILES string of the molecule is COc1ccc(OC)c(NC(=O)C(C)N2CCCN(c3ccc(F)cc3)CC2)c1. The van der Waals surface area contributed by atoms with Gasteiger partial charge < -0.3 is 19.7 Å². The first-order valence-corrected chi connectivity index (χ1v) is 9.79. The lowest BCUT2D eigenvalue weighted by Crippen LogP contribution is -2.44. The second-order valence-corrected chi connectivity index (χ2v) is 7.08. The first-order valence-electron chi connectivity index (χ1n) is 9.79. The van der Waals surface area contributed by atoms with Gasteiger partial charge in [0.2, 0.25) is 5.91 Å².